The zero-order valence-electron chi connectivity index (χ0n) is 13.5. The molecule has 0 aliphatic rings. The third-order valence-electron chi connectivity index (χ3n) is 2.62. The summed E-state index contributed by atoms with van der Waals surface area (Å²) in [6.45, 7) is 0. The fourth-order valence-electron chi connectivity index (χ4n) is 1.17. The maximum absolute atomic E-state index is 13.5. The molecule has 0 aromatic rings. The van der Waals surface area contributed by atoms with Gasteiger partial charge in [-0.25, -0.2) is 4.39 Å². The number of hydrogen-bond acceptors (Lipinski definition) is 3. The minimum atomic E-state index is -7.66. The first kappa shape index (κ1) is 30.1. The highest BCUT2D eigenvalue weighted by Gasteiger charge is 2.81. The van der Waals surface area contributed by atoms with Crippen molar-refractivity contribution in [1.29, 1.82) is 0 Å². The van der Waals surface area contributed by atoms with E-state index in [9.17, 15) is 83.4 Å². The van der Waals surface area contributed by atoms with Crippen molar-refractivity contribution in [3.05, 3.63) is 12.1 Å². The first-order valence-electron chi connectivity index (χ1n) is 6.41. The molecule has 0 N–H and O–H groups in total. The summed E-state index contributed by atoms with van der Waals surface area (Å²) in [4.78, 5) is 0. The van der Waals surface area contributed by atoms with E-state index in [-0.39, 0.29) is 0 Å². The van der Waals surface area contributed by atoms with Gasteiger partial charge in [0.1, 0.15) is 0 Å². The minimum Gasteiger partial charge on any atom is -0.398 e. The molecular weight excluding hydrogens is 529 g/mol. The van der Waals surface area contributed by atoms with Gasteiger partial charge in [-0.05, 0) is 0 Å². The van der Waals surface area contributed by atoms with E-state index in [0.717, 1.165) is 0 Å². The fourth-order valence-corrected chi connectivity index (χ4v) is 1.17. The maximum Gasteiger partial charge on any atom is 0.471 e. The van der Waals surface area contributed by atoms with E-state index in [1.54, 1.807) is 9.47 Å². The predicted molar refractivity (Wildman–Crippen MR) is 54.2 cm³/mol. The molecule has 0 aromatic carbocycles. The highest BCUT2D eigenvalue weighted by atomic mass is 19.4. The molecule has 0 aliphatic heterocycles. The zero-order valence-corrected chi connectivity index (χ0v) is 13.5. The van der Waals surface area contributed by atoms with Crippen LogP contribution in [0.5, 0.6) is 0 Å². The van der Waals surface area contributed by atoms with Crippen LogP contribution in [0.4, 0.5) is 83.4 Å². The topological polar surface area (TPSA) is 27.7 Å². The molecule has 0 aliphatic carbocycles. The molecule has 0 saturated heterocycles. The number of alkyl halides is 16. The van der Waals surface area contributed by atoms with Crippen LogP contribution in [0, 0.1) is 0 Å². The van der Waals surface area contributed by atoms with E-state index < -0.39 is 60.9 Å². The van der Waals surface area contributed by atoms with Gasteiger partial charge in [0.2, 0.25) is 0 Å². The van der Waals surface area contributed by atoms with Gasteiger partial charge < -0.3 is 4.74 Å². The average molecular weight is 530 g/mol. The van der Waals surface area contributed by atoms with Gasteiger partial charge in [0, 0.05) is 0 Å². The monoisotopic (exact) mass is 530 g/mol. The molecule has 2 atom stereocenters. The highest BCUT2D eigenvalue weighted by molar-refractivity contribution is 4.93. The van der Waals surface area contributed by atoms with Gasteiger partial charge in [0.15, 0.2) is 0 Å². The predicted octanol–water partition coefficient (Wildman–Crippen LogP) is 6.57. The molecular formula is C10HF19O3. The quantitative estimate of drug-likeness (QED) is 0.250. The van der Waals surface area contributed by atoms with Gasteiger partial charge in [-0.3, -0.25) is 9.47 Å². The Labute approximate surface area is 160 Å². The molecule has 0 saturated carbocycles. The van der Waals surface area contributed by atoms with Crippen molar-refractivity contribution in [3.63, 3.8) is 0 Å². The minimum absolute atomic E-state index is 1.55. The Balaban J connectivity index is 6.16. The van der Waals surface area contributed by atoms with Crippen molar-refractivity contribution < 1.29 is 97.6 Å². The molecule has 0 bridgehead atoms. The Kier molecular flexibility index (Phi) is 7.99. The van der Waals surface area contributed by atoms with Gasteiger partial charge >= 0.3 is 54.5 Å². The fraction of sp³-hybridized carbons (Fsp3) is 0.800. The number of rotatable bonds is 9. The second-order valence-corrected chi connectivity index (χ2v) is 4.93. The first-order valence-corrected chi connectivity index (χ1v) is 6.41. The third-order valence-corrected chi connectivity index (χ3v) is 2.62. The Hall–Kier alpha value is -1.87. The lowest BCUT2D eigenvalue weighted by molar-refractivity contribution is -0.525. The summed E-state index contributed by atoms with van der Waals surface area (Å²) in [5.41, 5.74) is 0. The molecule has 0 radical (unpaired) electrons. The molecule has 22 heteroatoms. The van der Waals surface area contributed by atoms with Crippen molar-refractivity contribution >= 4 is 0 Å². The summed E-state index contributed by atoms with van der Waals surface area (Å²) in [5, 5.41) is 0. The number of hydrogen-bond donors (Lipinski definition) is 0. The summed E-state index contributed by atoms with van der Waals surface area (Å²) in [7, 11) is 0. The maximum atomic E-state index is 13.5. The molecule has 0 spiro atoms. The number of ether oxygens (including phenoxy) is 3. The molecule has 2 unspecified atom stereocenters. The van der Waals surface area contributed by atoms with Crippen LogP contribution >= 0.6 is 0 Å². The molecule has 192 valence electrons. The van der Waals surface area contributed by atoms with Gasteiger partial charge in [0.05, 0.1) is 0 Å². The van der Waals surface area contributed by atoms with E-state index >= 15 is 0 Å². The number of halogens is 19. The van der Waals surface area contributed by atoms with Crippen LogP contribution in [0.1, 0.15) is 0 Å². The Morgan fingerprint density at radius 2 is 1.00 bits per heavy atom. The lowest BCUT2D eigenvalue weighted by Gasteiger charge is -2.36. The Morgan fingerprint density at radius 1 is 0.594 bits per heavy atom. The zero-order chi connectivity index (χ0) is 26.4. The van der Waals surface area contributed by atoms with Crippen LogP contribution in [0.3, 0.4) is 0 Å². The normalized spacial score (nSPS) is 17.6. The van der Waals surface area contributed by atoms with Crippen LogP contribution in [0.2, 0.25) is 0 Å². The van der Waals surface area contributed by atoms with Crippen LogP contribution in [-0.4, -0.2) is 48.8 Å². The van der Waals surface area contributed by atoms with Gasteiger partial charge in [-0.2, -0.15) is 79.0 Å². The van der Waals surface area contributed by atoms with Crippen LogP contribution in [0.25, 0.3) is 0 Å². The Bertz CT molecular complexity index is 688. The molecule has 0 fully saturated rings. The van der Waals surface area contributed by atoms with Gasteiger partial charge in [-0.15, -0.1) is 0 Å². The lowest BCUT2D eigenvalue weighted by atomic mass is 10.2. The smallest absolute Gasteiger partial charge is 0.398 e. The van der Waals surface area contributed by atoms with Crippen molar-refractivity contribution in [1.82, 2.24) is 0 Å². The molecule has 3 nitrogen and oxygen atoms in total. The van der Waals surface area contributed by atoms with Crippen molar-refractivity contribution in [2.45, 2.75) is 48.8 Å². The molecule has 32 heavy (non-hydrogen) atoms. The summed E-state index contributed by atoms with van der Waals surface area (Å²) >= 11 is 0. The van der Waals surface area contributed by atoms with Gasteiger partial charge in [-0.1, -0.05) is 0 Å². The van der Waals surface area contributed by atoms with Crippen LogP contribution in [0.15, 0.2) is 12.1 Å². The largest absolute Gasteiger partial charge is 0.471 e. The first-order chi connectivity index (χ1) is 13.7. The molecule has 0 rings (SSSR count). The van der Waals surface area contributed by atoms with E-state index in [0.29, 0.717) is 0 Å². The SMILES string of the molecule is FC(F)=C(F)OC(F)(F)C(F)(OC(F)(F)C(F)OC(F)(F)C(F)(F)C(F)(F)F)C(F)(F)F. The highest BCUT2D eigenvalue weighted by Crippen LogP contribution is 2.53. The van der Waals surface area contributed by atoms with Crippen molar-refractivity contribution in [2.24, 2.45) is 0 Å². The average Bonchev–Trinajstić information content (AvgIpc) is 2.50. The summed E-state index contributed by atoms with van der Waals surface area (Å²) in [6, 6.07) is -4.06. The van der Waals surface area contributed by atoms with Crippen LogP contribution < -0.4 is 0 Å². The van der Waals surface area contributed by atoms with E-state index in [1.807, 2.05) is 4.74 Å². The van der Waals surface area contributed by atoms with E-state index in [2.05, 4.69) is 0 Å². The van der Waals surface area contributed by atoms with Crippen molar-refractivity contribution in [2.75, 3.05) is 0 Å². The van der Waals surface area contributed by atoms with E-state index in [1.165, 1.54) is 0 Å². The second kappa shape index (κ2) is 8.48. The molecule has 0 amide bonds. The molecule has 0 aromatic heterocycles. The van der Waals surface area contributed by atoms with Crippen LogP contribution in [-0.2, 0) is 14.2 Å². The Morgan fingerprint density at radius 3 is 1.31 bits per heavy atom. The summed E-state index contributed by atoms with van der Waals surface area (Å²) in [5.74, 6) is -15.2. The molecule has 0 heterocycles. The third kappa shape index (κ3) is 5.73. The van der Waals surface area contributed by atoms with Crippen molar-refractivity contribution in [3.8, 4) is 0 Å². The second-order valence-electron chi connectivity index (χ2n) is 4.93. The lowest BCUT2D eigenvalue weighted by Crippen LogP contribution is -2.63. The van der Waals surface area contributed by atoms with Gasteiger partial charge in [0.25, 0.3) is 6.36 Å². The standard InChI is InChI=1S/C10HF19O3/c11-1(12)2(13)30-10(28,29)6(19,8(23,24)25)32-4(15,16)3(14)31-9(26,27)5(17,18)7(20,21)22/h3H. The summed E-state index contributed by atoms with van der Waals surface area (Å²) in [6.07, 6.45) is -47.1. The summed E-state index contributed by atoms with van der Waals surface area (Å²) < 4.78 is 242. The van der Waals surface area contributed by atoms with E-state index in [4.69, 9.17) is 0 Å².